The molecule has 0 aliphatic carbocycles. The van der Waals surface area contributed by atoms with Crippen LogP contribution < -0.4 is 10.9 Å². The molecule has 5 rings (SSSR count). The molecular formula is C24H20N6O2. The molecule has 3 aromatic heterocycles. The van der Waals surface area contributed by atoms with Crippen molar-refractivity contribution in [1.29, 1.82) is 0 Å². The van der Waals surface area contributed by atoms with Crippen molar-refractivity contribution in [2.75, 3.05) is 5.32 Å². The average Bonchev–Trinajstić information content (AvgIpc) is 3.14. The summed E-state index contributed by atoms with van der Waals surface area (Å²) in [5.41, 5.74) is 4.48. The number of nitrogens with one attached hydrogen (secondary N) is 2. The zero-order valence-electron chi connectivity index (χ0n) is 17.4. The number of para-hydroxylation sites is 3. The fourth-order valence-corrected chi connectivity index (χ4v) is 3.65. The van der Waals surface area contributed by atoms with Crippen molar-refractivity contribution < 1.29 is 4.79 Å². The first-order valence-corrected chi connectivity index (χ1v) is 10.3. The number of hydrogen-bond acceptors (Lipinski definition) is 5. The molecule has 8 heteroatoms. The largest absolute Gasteiger partial charge is 0.325 e. The molecule has 158 valence electrons. The standard InChI is InChI=1S/C24H20N6O2/c1-15-18-13-16(14-25-23(18)30(29-15)17-7-3-2-4-8-17)26-22(31)12-11-21-24(32)28-20-10-6-5-9-19(20)27-21/h2-10,13-14H,11-12H2,1H3,(H,26,31)(H,28,32). The Morgan fingerprint density at radius 2 is 1.88 bits per heavy atom. The fourth-order valence-electron chi connectivity index (χ4n) is 3.65. The molecule has 0 spiro atoms. The fraction of sp³-hybridized carbons (Fsp3) is 0.125. The zero-order valence-corrected chi connectivity index (χ0v) is 17.4. The quantitative estimate of drug-likeness (QED) is 0.449. The minimum Gasteiger partial charge on any atom is -0.325 e. The minimum atomic E-state index is -0.275. The number of pyridine rings is 1. The Labute approximate surface area is 183 Å². The van der Waals surface area contributed by atoms with Crippen molar-refractivity contribution in [1.82, 2.24) is 24.7 Å². The summed E-state index contributed by atoms with van der Waals surface area (Å²) in [6.45, 7) is 1.91. The van der Waals surface area contributed by atoms with Gasteiger partial charge in [0.1, 0.15) is 5.69 Å². The molecule has 0 fully saturated rings. The van der Waals surface area contributed by atoms with Gasteiger partial charge in [-0.15, -0.1) is 0 Å². The van der Waals surface area contributed by atoms with Crippen LogP contribution in [0.4, 0.5) is 5.69 Å². The highest BCUT2D eigenvalue weighted by atomic mass is 16.1. The lowest BCUT2D eigenvalue weighted by molar-refractivity contribution is -0.116. The summed E-state index contributed by atoms with van der Waals surface area (Å²) < 4.78 is 1.79. The molecule has 0 saturated carbocycles. The summed E-state index contributed by atoms with van der Waals surface area (Å²) in [4.78, 5) is 36.5. The first-order chi connectivity index (χ1) is 15.6. The van der Waals surface area contributed by atoms with Gasteiger partial charge in [-0.3, -0.25) is 9.59 Å². The van der Waals surface area contributed by atoms with E-state index in [0.717, 1.165) is 22.4 Å². The number of hydrogen-bond donors (Lipinski definition) is 2. The topological polar surface area (TPSA) is 106 Å². The molecule has 32 heavy (non-hydrogen) atoms. The van der Waals surface area contributed by atoms with E-state index in [4.69, 9.17) is 0 Å². The van der Waals surface area contributed by atoms with E-state index in [0.29, 0.717) is 22.4 Å². The summed E-state index contributed by atoms with van der Waals surface area (Å²) in [5, 5.41) is 8.30. The van der Waals surface area contributed by atoms with Crippen molar-refractivity contribution in [2.24, 2.45) is 0 Å². The zero-order chi connectivity index (χ0) is 22.1. The second-order valence-corrected chi connectivity index (χ2v) is 7.51. The predicted octanol–water partition coefficient (Wildman–Crippen LogP) is 3.54. The molecule has 0 bridgehead atoms. The van der Waals surface area contributed by atoms with Gasteiger partial charge in [-0.1, -0.05) is 30.3 Å². The Morgan fingerprint density at radius 3 is 2.72 bits per heavy atom. The third-order valence-corrected chi connectivity index (χ3v) is 5.25. The predicted molar refractivity (Wildman–Crippen MR) is 123 cm³/mol. The number of amides is 1. The summed E-state index contributed by atoms with van der Waals surface area (Å²) in [7, 11) is 0. The SMILES string of the molecule is Cc1nn(-c2ccccc2)c2ncc(NC(=O)CCc3nc4ccccc4[nH]c3=O)cc12. The van der Waals surface area contributed by atoms with Crippen molar-refractivity contribution in [3.05, 3.63) is 88.6 Å². The Morgan fingerprint density at radius 1 is 1.09 bits per heavy atom. The van der Waals surface area contributed by atoms with Gasteiger partial charge in [-0.2, -0.15) is 5.10 Å². The molecular weight excluding hydrogens is 404 g/mol. The van der Waals surface area contributed by atoms with Gasteiger partial charge in [0.05, 0.1) is 34.3 Å². The summed E-state index contributed by atoms with van der Waals surface area (Å²) in [6.07, 6.45) is 1.99. The van der Waals surface area contributed by atoms with Crippen molar-refractivity contribution in [3.8, 4) is 5.69 Å². The molecule has 2 N–H and O–H groups in total. The number of aryl methyl sites for hydroxylation is 2. The number of rotatable bonds is 5. The number of H-pyrrole nitrogens is 1. The van der Waals surface area contributed by atoms with Gasteiger partial charge in [-0.25, -0.2) is 14.6 Å². The molecule has 0 saturated heterocycles. The lowest BCUT2D eigenvalue weighted by Gasteiger charge is -2.06. The molecule has 0 atom stereocenters. The van der Waals surface area contributed by atoms with Crippen LogP contribution in [0, 0.1) is 6.92 Å². The lowest BCUT2D eigenvalue weighted by Crippen LogP contribution is -2.19. The Hall–Kier alpha value is -4.33. The molecule has 1 amide bonds. The first-order valence-electron chi connectivity index (χ1n) is 10.3. The molecule has 8 nitrogen and oxygen atoms in total. The minimum absolute atomic E-state index is 0.134. The summed E-state index contributed by atoms with van der Waals surface area (Å²) in [6, 6.07) is 19.0. The van der Waals surface area contributed by atoms with E-state index in [1.165, 1.54) is 0 Å². The second-order valence-electron chi connectivity index (χ2n) is 7.51. The molecule has 0 aliphatic rings. The van der Waals surface area contributed by atoms with E-state index in [1.807, 2.05) is 61.5 Å². The molecule has 0 aliphatic heterocycles. The van der Waals surface area contributed by atoms with Crippen LogP contribution >= 0.6 is 0 Å². The van der Waals surface area contributed by atoms with Crippen LogP contribution in [0.5, 0.6) is 0 Å². The van der Waals surface area contributed by atoms with Crippen LogP contribution in [-0.4, -0.2) is 30.6 Å². The highest BCUT2D eigenvalue weighted by Gasteiger charge is 2.13. The van der Waals surface area contributed by atoms with Gasteiger partial charge in [0, 0.05) is 18.2 Å². The number of carbonyl (C=O) groups is 1. The highest BCUT2D eigenvalue weighted by Crippen LogP contribution is 2.23. The number of aromatic nitrogens is 5. The van der Waals surface area contributed by atoms with Gasteiger partial charge in [0.25, 0.3) is 5.56 Å². The Bertz CT molecular complexity index is 1500. The van der Waals surface area contributed by atoms with Gasteiger partial charge in [0.15, 0.2) is 5.65 Å². The van der Waals surface area contributed by atoms with E-state index >= 15 is 0 Å². The lowest BCUT2D eigenvalue weighted by atomic mass is 10.2. The third kappa shape index (κ3) is 3.74. The summed E-state index contributed by atoms with van der Waals surface area (Å²) >= 11 is 0. The Kier molecular flexibility index (Phi) is 4.95. The average molecular weight is 424 g/mol. The number of fused-ring (bicyclic) bond motifs is 2. The maximum atomic E-state index is 12.5. The van der Waals surface area contributed by atoms with Crippen molar-refractivity contribution >= 4 is 33.7 Å². The van der Waals surface area contributed by atoms with Gasteiger partial charge < -0.3 is 10.3 Å². The number of anilines is 1. The van der Waals surface area contributed by atoms with Gasteiger partial charge in [-0.05, 0) is 37.3 Å². The van der Waals surface area contributed by atoms with Gasteiger partial charge >= 0.3 is 0 Å². The molecule has 2 aromatic carbocycles. The highest BCUT2D eigenvalue weighted by molar-refractivity contribution is 5.93. The summed E-state index contributed by atoms with van der Waals surface area (Å²) in [5.74, 6) is -0.214. The third-order valence-electron chi connectivity index (χ3n) is 5.25. The van der Waals surface area contributed by atoms with Crippen molar-refractivity contribution in [2.45, 2.75) is 19.8 Å². The van der Waals surface area contributed by atoms with E-state index in [2.05, 4.69) is 25.4 Å². The van der Waals surface area contributed by atoms with Crippen LogP contribution in [0.25, 0.3) is 27.8 Å². The Balaban J connectivity index is 1.32. The maximum Gasteiger partial charge on any atom is 0.270 e. The second kappa shape index (κ2) is 8.07. The number of nitrogens with zero attached hydrogens (tertiary/aromatic N) is 4. The normalized spacial score (nSPS) is 11.2. The number of carbonyl (C=O) groups excluding carboxylic acids is 1. The van der Waals surface area contributed by atoms with Crippen LogP contribution in [0.15, 0.2) is 71.7 Å². The van der Waals surface area contributed by atoms with E-state index in [1.54, 1.807) is 16.9 Å². The van der Waals surface area contributed by atoms with Crippen LogP contribution in [0.1, 0.15) is 17.8 Å². The first kappa shape index (κ1) is 19.6. The van der Waals surface area contributed by atoms with E-state index in [9.17, 15) is 9.59 Å². The van der Waals surface area contributed by atoms with Crippen LogP contribution in [-0.2, 0) is 11.2 Å². The van der Waals surface area contributed by atoms with E-state index < -0.39 is 0 Å². The monoisotopic (exact) mass is 424 g/mol. The molecule has 3 heterocycles. The van der Waals surface area contributed by atoms with Crippen molar-refractivity contribution in [3.63, 3.8) is 0 Å². The molecule has 5 aromatic rings. The number of aromatic amines is 1. The van der Waals surface area contributed by atoms with Crippen LogP contribution in [0.2, 0.25) is 0 Å². The van der Waals surface area contributed by atoms with Crippen LogP contribution in [0.3, 0.4) is 0 Å². The maximum absolute atomic E-state index is 12.5. The number of benzene rings is 2. The molecule has 0 unspecified atom stereocenters. The smallest absolute Gasteiger partial charge is 0.270 e. The van der Waals surface area contributed by atoms with Gasteiger partial charge in [0.2, 0.25) is 5.91 Å². The molecule has 0 radical (unpaired) electrons. The van der Waals surface area contributed by atoms with E-state index in [-0.39, 0.29) is 24.3 Å².